The zero-order chi connectivity index (χ0) is 20.5. The van der Waals surface area contributed by atoms with Crippen molar-refractivity contribution >= 4 is 35.8 Å². The molecule has 8 heteroatoms. The number of benzene rings is 1. The van der Waals surface area contributed by atoms with Crippen LogP contribution in [0.3, 0.4) is 0 Å². The number of nitrogens with zero attached hydrogens (tertiary/aromatic N) is 3. The summed E-state index contributed by atoms with van der Waals surface area (Å²) in [6, 6.07) is 7.70. The Labute approximate surface area is 190 Å². The van der Waals surface area contributed by atoms with Gasteiger partial charge in [-0.25, -0.2) is 0 Å². The monoisotopic (exact) mass is 512 g/mol. The number of hydrogen-bond acceptors (Lipinski definition) is 3. The molecule has 2 aromatic rings. The fraction of sp³-hybridized carbons (Fsp3) is 0.476. The highest BCUT2D eigenvalue weighted by molar-refractivity contribution is 14.0. The molecular weight excluding hydrogens is 479 g/mol. The fourth-order valence-electron chi connectivity index (χ4n) is 3.14. The fourth-order valence-corrected chi connectivity index (χ4v) is 3.14. The topological polar surface area (TPSA) is 83.3 Å². The lowest BCUT2D eigenvalue weighted by molar-refractivity contribution is 0.0963. The lowest BCUT2D eigenvalue weighted by Gasteiger charge is -2.12. The number of amides is 1. The Hall–Kier alpha value is -2.10. The maximum Gasteiger partial charge on any atom is 0.251 e. The number of hydrogen-bond donors (Lipinski definition) is 3. The second-order valence-corrected chi connectivity index (χ2v) is 6.74. The van der Waals surface area contributed by atoms with Crippen molar-refractivity contribution < 1.29 is 4.79 Å². The number of carbonyl (C=O) groups is 1. The lowest BCUT2D eigenvalue weighted by Crippen LogP contribution is -2.38. The normalized spacial score (nSPS) is 11.0. The molecule has 0 spiro atoms. The van der Waals surface area contributed by atoms with Gasteiger partial charge in [-0.2, -0.15) is 5.10 Å². The molecule has 1 aromatic heterocycles. The SMILES string of the molecule is CCNC(=NCCc1c(C)nn(C)c1C)NCCc1cccc(C(=O)NC)c1.I. The maximum atomic E-state index is 11.8. The Morgan fingerprint density at radius 1 is 1.21 bits per heavy atom. The second kappa shape index (κ2) is 12.5. The van der Waals surface area contributed by atoms with Crippen LogP contribution in [0.25, 0.3) is 0 Å². The van der Waals surface area contributed by atoms with Crippen LogP contribution in [0.1, 0.15) is 39.8 Å². The van der Waals surface area contributed by atoms with E-state index in [1.54, 1.807) is 7.05 Å². The summed E-state index contributed by atoms with van der Waals surface area (Å²) in [7, 11) is 3.62. The highest BCUT2D eigenvalue weighted by atomic mass is 127. The van der Waals surface area contributed by atoms with Crippen LogP contribution < -0.4 is 16.0 Å². The van der Waals surface area contributed by atoms with E-state index < -0.39 is 0 Å². The largest absolute Gasteiger partial charge is 0.357 e. The molecule has 0 fully saturated rings. The van der Waals surface area contributed by atoms with Crippen LogP contribution >= 0.6 is 24.0 Å². The van der Waals surface area contributed by atoms with Crippen LogP contribution in [0.2, 0.25) is 0 Å². The van der Waals surface area contributed by atoms with Crippen molar-refractivity contribution in [3.05, 3.63) is 52.3 Å². The smallest absolute Gasteiger partial charge is 0.251 e. The molecule has 0 atom stereocenters. The van der Waals surface area contributed by atoms with Gasteiger partial charge in [-0.05, 0) is 56.9 Å². The average molecular weight is 512 g/mol. The first-order valence-corrected chi connectivity index (χ1v) is 9.78. The molecule has 0 aliphatic rings. The molecule has 1 aromatic carbocycles. The van der Waals surface area contributed by atoms with Crippen molar-refractivity contribution in [1.29, 1.82) is 0 Å². The Morgan fingerprint density at radius 2 is 1.97 bits per heavy atom. The maximum absolute atomic E-state index is 11.8. The molecule has 1 amide bonds. The summed E-state index contributed by atoms with van der Waals surface area (Å²) in [6.45, 7) is 8.45. The number of guanidine groups is 1. The van der Waals surface area contributed by atoms with Crippen LogP contribution in [-0.2, 0) is 19.9 Å². The Kier molecular flexibility index (Phi) is 10.7. The van der Waals surface area contributed by atoms with Gasteiger partial charge in [-0.1, -0.05) is 12.1 Å². The van der Waals surface area contributed by atoms with Gasteiger partial charge in [-0.3, -0.25) is 14.5 Å². The number of aryl methyl sites for hydroxylation is 2. The number of aliphatic imine (C=N–C) groups is 1. The molecule has 3 N–H and O–H groups in total. The molecule has 0 bridgehead atoms. The van der Waals surface area contributed by atoms with Gasteiger partial charge < -0.3 is 16.0 Å². The quantitative estimate of drug-likeness (QED) is 0.288. The van der Waals surface area contributed by atoms with E-state index in [9.17, 15) is 4.79 Å². The van der Waals surface area contributed by atoms with E-state index in [-0.39, 0.29) is 29.9 Å². The summed E-state index contributed by atoms with van der Waals surface area (Å²) in [6.07, 6.45) is 1.69. The van der Waals surface area contributed by atoms with E-state index in [2.05, 4.69) is 39.9 Å². The van der Waals surface area contributed by atoms with Crippen molar-refractivity contribution in [1.82, 2.24) is 25.7 Å². The van der Waals surface area contributed by atoms with Gasteiger partial charge in [0.15, 0.2) is 5.96 Å². The van der Waals surface area contributed by atoms with E-state index >= 15 is 0 Å². The zero-order valence-electron chi connectivity index (χ0n) is 18.0. The third-order valence-corrected chi connectivity index (χ3v) is 4.76. The first-order valence-electron chi connectivity index (χ1n) is 9.78. The van der Waals surface area contributed by atoms with Gasteiger partial charge in [0.05, 0.1) is 5.69 Å². The van der Waals surface area contributed by atoms with Gasteiger partial charge in [0.2, 0.25) is 0 Å². The van der Waals surface area contributed by atoms with E-state index in [4.69, 9.17) is 0 Å². The molecule has 1 heterocycles. The molecule has 29 heavy (non-hydrogen) atoms. The van der Waals surface area contributed by atoms with Crippen molar-refractivity contribution in [3.8, 4) is 0 Å². The minimum atomic E-state index is -0.0642. The highest BCUT2D eigenvalue weighted by Gasteiger charge is 2.09. The van der Waals surface area contributed by atoms with Gasteiger partial charge in [0, 0.05) is 45.0 Å². The summed E-state index contributed by atoms with van der Waals surface area (Å²) in [4.78, 5) is 16.4. The molecule has 0 radical (unpaired) electrons. The minimum absolute atomic E-state index is 0. The van der Waals surface area contributed by atoms with E-state index in [1.165, 1.54) is 11.3 Å². The van der Waals surface area contributed by atoms with E-state index in [0.717, 1.165) is 43.1 Å². The van der Waals surface area contributed by atoms with E-state index in [1.807, 2.05) is 42.9 Å². The third-order valence-electron chi connectivity index (χ3n) is 4.76. The first-order chi connectivity index (χ1) is 13.5. The van der Waals surface area contributed by atoms with Gasteiger partial charge in [0.1, 0.15) is 0 Å². The van der Waals surface area contributed by atoms with E-state index in [0.29, 0.717) is 12.1 Å². The molecule has 0 saturated carbocycles. The van der Waals surface area contributed by atoms with Crippen molar-refractivity contribution in [3.63, 3.8) is 0 Å². The number of nitrogens with one attached hydrogen (secondary N) is 3. The van der Waals surface area contributed by atoms with Crippen molar-refractivity contribution in [2.75, 3.05) is 26.7 Å². The first kappa shape index (κ1) is 24.9. The van der Waals surface area contributed by atoms with Gasteiger partial charge in [-0.15, -0.1) is 24.0 Å². The van der Waals surface area contributed by atoms with Crippen LogP contribution in [0, 0.1) is 13.8 Å². The summed E-state index contributed by atoms with van der Waals surface area (Å²) in [5.74, 6) is 0.745. The second-order valence-electron chi connectivity index (χ2n) is 6.74. The Balaban J connectivity index is 0.00000420. The standard InChI is InChI=1S/C21H32N6O.HI/c1-6-23-21(25-13-11-19-15(2)26-27(5)16(19)3)24-12-10-17-8-7-9-18(14-17)20(28)22-4;/h7-9,14H,6,10-13H2,1-5H3,(H,22,28)(H2,23,24,25);1H. The summed E-state index contributed by atoms with van der Waals surface area (Å²) >= 11 is 0. The molecule has 160 valence electrons. The zero-order valence-corrected chi connectivity index (χ0v) is 20.3. The average Bonchev–Trinajstić information content (AvgIpc) is 2.93. The molecule has 7 nitrogen and oxygen atoms in total. The third kappa shape index (κ3) is 7.34. The Morgan fingerprint density at radius 3 is 2.59 bits per heavy atom. The summed E-state index contributed by atoms with van der Waals surface area (Å²) in [5.41, 5.74) is 5.34. The molecule has 0 aliphatic heterocycles. The number of rotatable bonds is 8. The predicted molar refractivity (Wildman–Crippen MR) is 129 cm³/mol. The van der Waals surface area contributed by atoms with Gasteiger partial charge in [0.25, 0.3) is 5.91 Å². The van der Waals surface area contributed by atoms with Crippen LogP contribution in [0.4, 0.5) is 0 Å². The van der Waals surface area contributed by atoms with Crippen LogP contribution in [-0.4, -0.2) is 48.3 Å². The number of halogens is 1. The Bertz CT molecular complexity index is 831. The van der Waals surface area contributed by atoms with Crippen LogP contribution in [0.5, 0.6) is 0 Å². The lowest BCUT2D eigenvalue weighted by atomic mass is 10.1. The molecular formula is C21H33IN6O. The molecule has 0 unspecified atom stereocenters. The summed E-state index contributed by atoms with van der Waals surface area (Å²) < 4.78 is 1.92. The minimum Gasteiger partial charge on any atom is -0.357 e. The van der Waals surface area contributed by atoms with Crippen molar-refractivity contribution in [2.45, 2.75) is 33.6 Å². The molecule has 2 rings (SSSR count). The van der Waals surface area contributed by atoms with Gasteiger partial charge >= 0.3 is 0 Å². The van der Waals surface area contributed by atoms with Crippen LogP contribution in [0.15, 0.2) is 29.3 Å². The molecule has 0 aliphatic carbocycles. The highest BCUT2D eigenvalue weighted by Crippen LogP contribution is 2.12. The molecule has 0 saturated heterocycles. The predicted octanol–water partition coefficient (Wildman–Crippen LogP) is 2.35. The summed E-state index contributed by atoms with van der Waals surface area (Å²) in [5, 5.41) is 13.8. The number of carbonyl (C=O) groups excluding carboxylic acids is 1. The van der Waals surface area contributed by atoms with Crippen molar-refractivity contribution in [2.24, 2.45) is 12.0 Å². The number of aromatic nitrogens is 2.